The van der Waals surface area contributed by atoms with Crippen molar-refractivity contribution in [3.8, 4) is 5.75 Å². The number of hydrogen-bond donors (Lipinski definition) is 2. The first-order valence-corrected chi connectivity index (χ1v) is 6.92. The van der Waals surface area contributed by atoms with Crippen molar-refractivity contribution < 1.29 is 9.53 Å². The third-order valence-electron chi connectivity index (χ3n) is 2.97. The molecule has 0 saturated carbocycles. The lowest BCUT2D eigenvalue weighted by molar-refractivity contribution is -0.117. The van der Waals surface area contributed by atoms with Crippen LogP contribution in [-0.2, 0) is 4.79 Å². The van der Waals surface area contributed by atoms with Crippen LogP contribution in [0.25, 0.3) is 0 Å². The smallest absolute Gasteiger partial charge is 0.225 e. The molecule has 0 spiro atoms. The molecule has 0 heterocycles. The van der Waals surface area contributed by atoms with Crippen molar-refractivity contribution in [2.45, 2.75) is 33.2 Å². The van der Waals surface area contributed by atoms with Gasteiger partial charge in [-0.1, -0.05) is 20.8 Å². The van der Waals surface area contributed by atoms with Crippen molar-refractivity contribution in [3.63, 3.8) is 0 Å². The van der Waals surface area contributed by atoms with Crippen LogP contribution < -0.4 is 15.8 Å². The number of ether oxygens (including phenoxy) is 1. The molecule has 5 heteroatoms. The van der Waals surface area contributed by atoms with E-state index in [4.69, 9.17) is 10.5 Å². The maximum absolute atomic E-state index is 12.0. The Balaban J connectivity index is 2.72. The van der Waals surface area contributed by atoms with E-state index < -0.39 is 0 Å². The standard InChI is InChI=1S/C14H21BrN2O2/c1-14(2,3)12(16)8-13(18)17-11-7-9(19-4)5-6-10(11)15/h5-7,12H,8,16H2,1-4H3,(H,17,18). The van der Waals surface area contributed by atoms with Gasteiger partial charge in [0.15, 0.2) is 0 Å². The molecular formula is C14H21BrN2O2. The van der Waals surface area contributed by atoms with Gasteiger partial charge in [0.25, 0.3) is 0 Å². The molecule has 0 radical (unpaired) electrons. The molecule has 0 aromatic heterocycles. The zero-order chi connectivity index (χ0) is 14.6. The number of anilines is 1. The number of amides is 1. The molecular weight excluding hydrogens is 308 g/mol. The second-order valence-corrected chi connectivity index (χ2v) is 6.42. The number of halogens is 1. The maximum Gasteiger partial charge on any atom is 0.225 e. The molecule has 1 rings (SSSR count). The van der Waals surface area contributed by atoms with Crippen molar-refractivity contribution >= 4 is 27.5 Å². The van der Waals surface area contributed by atoms with E-state index in [9.17, 15) is 4.79 Å². The zero-order valence-corrected chi connectivity index (χ0v) is 13.4. The van der Waals surface area contributed by atoms with Crippen LogP contribution in [0.15, 0.2) is 22.7 Å². The predicted molar refractivity (Wildman–Crippen MR) is 81.4 cm³/mol. The largest absolute Gasteiger partial charge is 0.497 e. The molecule has 3 N–H and O–H groups in total. The summed E-state index contributed by atoms with van der Waals surface area (Å²) >= 11 is 3.39. The number of rotatable bonds is 4. The Morgan fingerprint density at radius 1 is 1.47 bits per heavy atom. The Morgan fingerprint density at radius 3 is 2.63 bits per heavy atom. The summed E-state index contributed by atoms with van der Waals surface area (Å²) in [4.78, 5) is 12.0. The molecule has 1 amide bonds. The molecule has 1 unspecified atom stereocenters. The zero-order valence-electron chi connectivity index (χ0n) is 11.8. The summed E-state index contributed by atoms with van der Waals surface area (Å²) in [6.45, 7) is 6.06. The molecule has 1 aromatic carbocycles. The Kier molecular flexibility index (Phi) is 5.38. The van der Waals surface area contributed by atoms with Crippen LogP contribution in [0.3, 0.4) is 0 Å². The number of methoxy groups -OCH3 is 1. The van der Waals surface area contributed by atoms with Gasteiger partial charge in [-0.05, 0) is 33.5 Å². The Labute approximate surface area is 122 Å². The van der Waals surface area contributed by atoms with Crippen molar-refractivity contribution in [3.05, 3.63) is 22.7 Å². The van der Waals surface area contributed by atoms with E-state index in [-0.39, 0.29) is 23.8 Å². The number of nitrogens with one attached hydrogen (secondary N) is 1. The number of carbonyl (C=O) groups is 1. The Morgan fingerprint density at radius 2 is 2.11 bits per heavy atom. The van der Waals surface area contributed by atoms with Crippen molar-refractivity contribution in [1.29, 1.82) is 0 Å². The Hall–Kier alpha value is -1.07. The Bertz CT molecular complexity index is 455. The first-order chi connectivity index (χ1) is 8.74. The molecule has 0 bridgehead atoms. The van der Waals surface area contributed by atoms with E-state index in [1.807, 2.05) is 32.9 Å². The summed E-state index contributed by atoms with van der Waals surface area (Å²) < 4.78 is 5.94. The van der Waals surface area contributed by atoms with Gasteiger partial charge in [0, 0.05) is 23.0 Å². The highest BCUT2D eigenvalue weighted by molar-refractivity contribution is 9.10. The van der Waals surface area contributed by atoms with Crippen molar-refractivity contribution in [1.82, 2.24) is 0 Å². The van der Waals surface area contributed by atoms with E-state index in [1.54, 1.807) is 13.2 Å². The van der Waals surface area contributed by atoms with Crippen LogP contribution in [0.5, 0.6) is 5.75 Å². The molecule has 0 saturated heterocycles. The first kappa shape index (κ1) is 16.0. The average molecular weight is 329 g/mol. The average Bonchev–Trinajstić information content (AvgIpc) is 2.30. The minimum absolute atomic E-state index is 0.0943. The van der Waals surface area contributed by atoms with Gasteiger partial charge in [0.1, 0.15) is 5.75 Å². The lowest BCUT2D eigenvalue weighted by Crippen LogP contribution is -2.38. The van der Waals surface area contributed by atoms with Gasteiger partial charge in [0.2, 0.25) is 5.91 Å². The van der Waals surface area contributed by atoms with Gasteiger partial charge < -0.3 is 15.8 Å². The third-order valence-corrected chi connectivity index (χ3v) is 3.66. The van der Waals surface area contributed by atoms with Crippen LogP contribution in [0.2, 0.25) is 0 Å². The second-order valence-electron chi connectivity index (χ2n) is 5.57. The van der Waals surface area contributed by atoms with Gasteiger partial charge >= 0.3 is 0 Å². The number of nitrogens with two attached hydrogens (primary N) is 1. The van der Waals surface area contributed by atoms with Crippen LogP contribution in [0.4, 0.5) is 5.69 Å². The van der Waals surface area contributed by atoms with Gasteiger partial charge in [0.05, 0.1) is 12.8 Å². The molecule has 0 fully saturated rings. The van der Waals surface area contributed by atoms with Gasteiger partial charge in [-0.15, -0.1) is 0 Å². The highest BCUT2D eigenvalue weighted by Crippen LogP contribution is 2.27. The minimum atomic E-state index is -0.183. The highest BCUT2D eigenvalue weighted by Gasteiger charge is 2.23. The van der Waals surface area contributed by atoms with E-state index in [0.717, 1.165) is 4.47 Å². The van der Waals surface area contributed by atoms with Crippen LogP contribution in [-0.4, -0.2) is 19.1 Å². The van der Waals surface area contributed by atoms with Gasteiger partial charge in [-0.2, -0.15) is 0 Å². The fraction of sp³-hybridized carbons (Fsp3) is 0.500. The minimum Gasteiger partial charge on any atom is -0.497 e. The van der Waals surface area contributed by atoms with Crippen LogP contribution >= 0.6 is 15.9 Å². The summed E-state index contributed by atoms with van der Waals surface area (Å²) in [7, 11) is 1.59. The van der Waals surface area contributed by atoms with Gasteiger partial charge in [-0.3, -0.25) is 4.79 Å². The molecule has 1 atom stereocenters. The number of benzene rings is 1. The molecule has 1 aromatic rings. The topological polar surface area (TPSA) is 64.3 Å². The fourth-order valence-electron chi connectivity index (χ4n) is 1.43. The molecule has 19 heavy (non-hydrogen) atoms. The van der Waals surface area contributed by atoms with E-state index in [1.165, 1.54) is 0 Å². The highest BCUT2D eigenvalue weighted by atomic mass is 79.9. The van der Waals surface area contributed by atoms with Crippen LogP contribution in [0, 0.1) is 5.41 Å². The number of hydrogen-bond acceptors (Lipinski definition) is 3. The second kappa shape index (κ2) is 6.39. The molecule has 4 nitrogen and oxygen atoms in total. The normalized spacial score (nSPS) is 12.9. The molecule has 106 valence electrons. The van der Waals surface area contributed by atoms with Crippen molar-refractivity contribution in [2.24, 2.45) is 11.1 Å². The van der Waals surface area contributed by atoms with E-state index in [2.05, 4.69) is 21.2 Å². The molecule has 0 aliphatic rings. The third kappa shape index (κ3) is 4.84. The first-order valence-electron chi connectivity index (χ1n) is 6.13. The van der Waals surface area contributed by atoms with E-state index in [0.29, 0.717) is 11.4 Å². The summed E-state index contributed by atoms with van der Waals surface area (Å²) in [5.41, 5.74) is 6.59. The van der Waals surface area contributed by atoms with Gasteiger partial charge in [-0.25, -0.2) is 0 Å². The fourth-order valence-corrected chi connectivity index (χ4v) is 1.78. The van der Waals surface area contributed by atoms with Crippen molar-refractivity contribution in [2.75, 3.05) is 12.4 Å². The lowest BCUT2D eigenvalue weighted by Gasteiger charge is -2.26. The van der Waals surface area contributed by atoms with E-state index >= 15 is 0 Å². The molecule has 0 aliphatic heterocycles. The quantitative estimate of drug-likeness (QED) is 0.892. The maximum atomic E-state index is 12.0. The lowest BCUT2D eigenvalue weighted by atomic mass is 9.85. The monoisotopic (exact) mass is 328 g/mol. The number of carbonyl (C=O) groups excluding carboxylic acids is 1. The summed E-state index contributed by atoms with van der Waals surface area (Å²) in [5, 5.41) is 2.84. The molecule has 0 aliphatic carbocycles. The SMILES string of the molecule is COc1ccc(Br)c(NC(=O)CC(N)C(C)(C)C)c1. The van der Waals surface area contributed by atoms with Crippen LogP contribution in [0.1, 0.15) is 27.2 Å². The predicted octanol–water partition coefficient (Wildman–Crippen LogP) is 3.16. The summed E-state index contributed by atoms with van der Waals surface area (Å²) in [6, 6.07) is 5.24. The summed E-state index contributed by atoms with van der Waals surface area (Å²) in [6.07, 6.45) is 0.285. The summed E-state index contributed by atoms with van der Waals surface area (Å²) in [5.74, 6) is 0.593.